The summed E-state index contributed by atoms with van der Waals surface area (Å²) in [7, 11) is 0. The van der Waals surface area contributed by atoms with Crippen LogP contribution in [0.5, 0.6) is 0 Å². The third kappa shape index (κ3) is 3.71. The number of hydrogen-bond donors (Lipinski definition) is 2. The number of carbonyl (C=O) groups is 1. The zero-order valence-electron chi connectivity index (χ0n) is 15.4. The van der Waals surface area contributed by atoms with E-state index in [9.17, 15) is 13.6 Å². The van der Waals surface area contributed by atoms with Crippen molar-refractivity contribution in [3.8, 4) is 0 Å². The van der Waals surface area contributed by atoms with Gasteiger partial charge in [-0.15, -0.1) is 0 Å². The minimum absolute atomic E-state index is 0.204. The smallest absolute Gasteiger partial charge is 0.260 e. The molecule has 5 nitrogen and oxygen atoms in total. The van der Waals surface area contributed by atoms with Gasteiger partial charge in [0, 0.05) is 5.54 Å². The normalized spacial score (nSPS) is 19.8. The van der Waals surface area contributed by atoms with E-state index in [4.69, 9.17) is 0 Å². The predicted octanol–water partition coefficient (Wildman–Crippen LogP) is 4.08. The number of nitrogens with one attached hydrogen (secondary N) is 2. The zero-order valence-corrected chi connectivity index (χ0v) is 15.4. The Hall–Kier alpha value is -2.44. The number of anilines is 1. The van der Waals surface area contributed by atoms with Gasteiger partial charge in [0.2, 0.25) is 0 Å². The number of fused-ring (bicyclic) bond motifs is 1. The summed E-state index contributed by atoms with van der Waals surface area (Å²) in [6.45, 7) is 7.58. The molecule has 0 spiro atoms. The Morgan fingerprint density at radius 2 is 1.96 bits per heavy atom. The van der Waals surface area contributed by atoms with Gasteiger partial charge in [-0.25, -0.2) is 13.5 Å². The van der Waals surface area contributed by atoms with E-state index >= 15 is 0 Å². The first kappa shape index (κ1) is 18.4. The highest BCUT2D eigenvalue weighted by Crippen LogP contribution is 2.39. The number of halogens is 2. The van der Waals surface area contributed by atoms with Crippen LogP contribution in [-0.2, 0) is 0 Å². The Bertz CT molecular complexity index is 793. The molecular formula is C19H24F2N4O. The van der Waals surface area contributed by atoms with Crippen LogP contribution in [0.4, 0.5) is 14.6 Å². The molecule has 1 aliphatic heterocycles. The summed E-state index contributed by atoms with van der Waals surface area (Å²) in [6.07, 6.45) is -1.01. The molecule has 2 atom stereocenters. The van der Waals surface area contributed by atoms with Crippen LogP contribution in [0.1, 0.15) is 60.8 Å². The van der Waals surface area contributed by atoms with Gasteiger partial charge < -0.3 is 10.6 Å². The second-order valence-electron chi connectivity index (χ2n) is 7.80. The van der Waals surface area contributed by atoms with Crippen LogP contribution in [0.25, 0.3) is 0 Å². The van der Waals surface area contributed by atoms with Crippen molar-refractivity contribution in [2.45, 2.75) is 58.2 Å². The maximum atomic E-state index is 13.6. The molecule has 26 heavy (non-hydrogen) atoms. The van der Waals surface area contributed by atoms with Crippen molar-refractivity contribution in [3.63, 3.8) is 0 Å². The van der Waals surface area contributed by atoms with Crippen LogP contribution < -0.4 is 10.6 Å². The molecule has 2 aromatic rings. The summed E-state index contributed by atoms with van der Waals surface area (Å²) in [4.78, 5) is 12.6. The molecule has 0 saturated carbocycles. The van der Waals surface area contributed by atoms with E-state index in [-0.39, 0.29) is 23.9 Å². The standard InChI is InChI=1S/C19H24F2N4O/c1-11-5-7-12(8-6-11)14-9-15(16(20)21)25-17(23-14)13(10-22-25)18(26)24-19(2,3)4/h5-8,10,14-16,23H,9H2,1-4H3,(H,24,26)/t14-,15+/m1/s1. The van der Waals surface area contributed by atoms with E-state index in [1.165, 1.54) is 10.9 Å². The zero-order chi connectivity index (χ0) is 19.1. The minimum Gasteiger partial charge on any atom is -0.363 e. The van der Waals surface area contributed by atoms with Gasteiger partial charge in [-0.2, -0.15) is 5.10 Å². The van der Waals surface area contributed by atoms with Gasteiger partial charge in [0.1, 0.15) is 17.4 Å². The molecule has 0 radical (unpaired) electrons. The molecule has 3 rings (SSSR count). The molecule has 0 saturated heterocycles. The first-order valence-electron chi connectivity index (χ1n) is 8.67. The highest BCUT2D eigenvalue weighted by molar-refractivity contribution is 5.99. The van der Waals surface area contributed by atoms with E-state index in [1.54, 1.807) is 0 Å². The van der Waals surface area contributed by atoms with Crippen LogP contribution in [0.2, 0.25) is 0 Å². The number of nitrogens with zero attached hydrogens (tertiary/aromatic N) is 2. The molecule has 1 amide bonds. The molecule has 1 aromatic carbocycles. The summed E-state index contributed by atoms with van der Waals surface area (Å²) in [5.41, 5.74) is 1.86. The van der Waals surface area contributed by atoms with Crippen LogP contribution in [0.3, 0.4) is 0 Å². The molecule has 2 heterocycles. The van der Waals surface area contributed by atoms with E-state index in [2.05, 4.69) is 15.7 Å². The largest absolute Gasteiger partial charge is 0.363 e. The number of benzene rings is 1. The van der Waals surface area contributed by atoms with Crippen LogP contribution >= 0.6 is 0 Å². The van der Waals surface area contributed by atoms with E-state index in [0.29, 0.717) is 5.82 Å². The van der Waals surface area contributed by atoms with Gasteiger partial charge in [0.05, 0.1) is 12.2 Å². The van der Waals surface area contributed by atoms with Crippen LogP contribution in [-0.4, -0.2) is 27.7 Å². The second kappa shape index (κ2) is 6.70. The molecule has 0 aliphatic carbocycles. The van der Waals surface area contributed by atoms with Crippen molar-refractivity contribution in [1.29, 1.82) is 0 Å². The first-order chi connectivity index (χ1) is 12.2. The SMILES string of the molecule is Cc1ccc([C@H]2C[C@@H](C(F)F)n3ncc(C(=O)NC(C)(C)C)c3N2)cc1. The molecule has 1 aromatic heterocycles. The van der Waals surface area contributed by atoms with E-state index in [0.717, 1.165) is 11.1 Å². The summed E-state index contributed by atoms with van der Waals surface area (Å²) in [6, 6.07) is 6.38. The monoisotopic (exact) mass is 362 g/mol. The Morgan fingerprint density at radius 3 is 2.54 bits per heavy atom. The molecule has 1 aliphatic rings. The van der Waals surface area contributed by atoms with Gasteiger partial charge in [-0.3, -0.25) is 4.79 Å². The lowest BCUT2D eigenvalue weighted by molar-refractivity contribution is 0.0656. The third-order valence-corrected chi connectivity index (χ3v) is 4.40. The van der Waals surface area contributed by atoms with Crippen molar-refractivity contribution >= 4 is 11.7 Å². The number of rotatable bonds is 3. The highest BCUT2D eigenvalue weighted by atomic mass is 19.3. The van der Waals surface area contributed by atoms with Crippen molar-refractivity contribution in [3.05, 3.63) is 47.2 Å². The first-order valence-corrected chi connectivity index (χ1v) is 8.67. The Morgan fingerprint density at radius 1 is 1.31 bits per heavy atom. The lowest BCUT2D eigenvalue weighted by Crippen LogP contribution is -2.41. The number of hydrogen-bond acceptors (Lipinski definition) is 3. The molecule has 0 unspecified atom stereocenters. The summed E-state index contributed by atoms with van der Waals surface area (Å²) < 4.78 is 28.5. The van der Waals surface area contributed by atoms with Crippen LogP contribution in [0, 0.1) is 6.92 Å². The summed E-state index contributed by atoms with van der Waals surface area (Å²) in [5, 5.41) is 10.2. The molecule has 7 heteroatoms. The fourth-order valence-corrected chi connectivity index (χ4v) is 3.12. The lowest BCUT2D eigenvalue weighted by Gasteiger charge is -2.33. The minimum atomic E-state index is -2.57. The number of carbonyl (C=O) groups excluding carboxylic acids is 1. The average molecular weight is 362 g/mol. The molecule has 2 N–H and O–H groups in total. The Balaban J connectivity index is 1.96. The van der Waals surface area contributed by atoms with E-state index in [1.807, 2.05) is 52.0 Å². The van der Waals surface area contributed by atoms with Gasteiger partial charge in [0.25, 0.3) is 12.3 Å². The van der Waals surface area contributed by atoms with Gasteiger partial charge >= 0.3 is 0 Å². The highest BCUT2D eigenvalue weighted by Gasteiger charge is 2.36. The second-order valence-corrected chi connectivity index (χ2v) is 7.80. The fraction of sp³-hybridized carbons (Fsp3) is 0.474. The summed E-state index contributed by atoms with van der Waals surface area (Å²) >= 11 is 0. The molecular weight excluding hydrogens is 338 g/mol. The van der Waals surface area contributed by atoms with Gasteiger partial charge in [0.15, 0.2) is 0 Å². The molecule has 0 bridgehead atoms. The third-order valence-electron chi connectivity index (χ3n) is 4.40. The fourth-order valence-electron chi connectivity index (χ4n) is 3.12. The van der Waals surface area contributed by atoms with Gasteiger partial charge in [-0.1, -0.05) is 29.8 Å². The van der Waals surface area contributed by atoms with Crippen molar-refractivity contribution in [2.24, 2.45) is 0 Å². The molecule has 0 fully saturated rings. The van der Waals surface area contributed by atoms with Gasteiger partial charge in [-0.05, 0) is 39.7 Å². The van der Waals surface area contributed by atoms with E-state index < -0.39 is 18.0 Å². The van der Waals surface area contributed by atoms with Crippen LogP contribution in [0.15, 0.2) is 30.5 Å². The Kier molecular flexibility index (Phi) is 4.73. The maximum Gasteiger partial charge on any atom is 0.260 e. The quantitative estimate of drug-likeness (QED) is 0.865. The maximum absolute atomic E-state index is 13.6. The number of aryl methyl sites for hydroxylation is 1. The number of alkyl halides is 2. The molecule has 140 valence electrons. The number of amides is 1. The van der Waals surface area contributed by atoms with Crippen molar-refractivity contribution in [2.75, 3.05) is 5.32 Å². The predicted molar refractivity (Wildman–Crippen MR) is 96.6 cm³/mol. The van der Waals surface area contributed by atoms with Crippen molar-refractivity contribution in [1.82, 2.24) is 15.1 Å². The topological polar surface area (TPSA) is 59.0 Å². The Labute approximate surface area is 151 Å². The van der Waals surface area contributed by atoms with Crippen molar-refractivity contribution < 1.29 is 13.6 Å². The summed E-state index contributed by atoms with van der Waals surface area (Å²) in [5.74, 6) is 0.0118. The lowest BCUT2D eigenvalue weighted by atomic mass is 9.96. The average Bonchev–Trinajstić information content (AvgIpc) is 2.96. The number of aromatic nitrogens is 2.